The first-order chi connectivity index (χ1) is 5.43. The summed E-state index contributed by atoms with van der Waals surface area (Å²) in [6.07, 6.45) is 10.7. The molecule has 1 N–H and O–H groups in total. The van der Waals surface area contributed by atoms with E-state index in [-0.39, 0.29) is 0 Å². The van der Waals surface area contributed by atoms with E-state index in [1.54, 1.807) is 6.26 Å². The molecule has 0 bridgehead atoms. The van der Waals surface area contributed by atoms with Crippen LogP contribution in [0.1, 0.15) is 19.8 Å². The summed E-state index contributed by atoms with van der Waals surface area (Å²) in [6, 6.07) is 0. The fourth-order valence-electron chi connectivity index (χ4n) is 0.829. The summed E-state index contributed by atoms with van der Waals surface area (Å²) in [5.74, 6) is 0. The average molecular weight is 152 g/mol. The molecule has 0 aromatic rings. The molecule has 0 unspecified atom stereocenters. The van der Waals surface area contributed by atoms with E-state index in [1.807, 2.05) is 18.2 Å². The largest absolute Gasteiger partial charge is 0.471 e. The van der Waals surface area contributed by atoms with E-state index in [2.05, 4.69) is 12.2 Å². The first kappa shape index (κ1) is 8.34. The summed E-state index contributed by atoms with van der Waals surface area (Å²) in [6.45, 7) is 3.16. The van der Waals surface area contributed by atoms with Crippen LogP contribution in [-0.4, -0.2) is 6.54 Å². The fourth-order valence-corrected chi connectivity index (χ4v) is 0.829. The topological polar surface area (TPSA) is 21.3 Å². The van der Waals surface area contributed by atoms with Gasteiger partial charge in [0.1, 0.15) is 0 Å². The van der Waals surface area contributed by atoms with Crippen LogP contribution in [0.4, 0.5) is 0 Å². The highest BCUT2D eigenvalue weighted by Gasteiger charge is 2.04. The predicted molar refractivity (Wildman–Crippen MR) is 45.5 cm³/mol. The van der Waals surface area contributed by atoms with Gasteiger partial charge in [-0.2, -0.15) is 0 Å². The van der Waals surface area contributed by atoms with Crippen LogP contribution in [-0.2, 0) is 4.74 Å². The number of ether oxygens (including phenoxy) is 1. The summed E-state index contributed by atoms with van der Waals surface area (Å²) in [4.78, 5) is 0. The van der Waals surface area contributed by atoms with Crippen LogP contribution in [0.5, 0.6) is 0 Å². The first-order valence-corrected chi connectivity index (χ1v) is 4.04. The Kier molecular flexibility index (Phi) is 3.76. The highest BCUT2D eigenvalue weighted by molar-refractivity contribution is 5.14. The molecule has 0 spiro atoms. The monoisotopic (exact) mass is 152 g/mol. The molecule has 1 aliphatic heterocycles. The second-order valence-corrected chi connectivity index (χ2v) is 2.45. The third-order valence-electron chi connectivity index (χ3n) is 1.46. The van der Waals surface area contributed by atoms with Crippen LogP contribution in [0.25, 0.3) is 0 Å². The van der Waals surface area contributed by atoms with E-state index in [0.29, 0.717) is 0 Å². The quantitative estimate of drug-likeness (QED) is 0.622. The Morgan fingerprint density at radius 1 is 1.45 bits per heavy atom. The molecule has 0 amide bonds. The molecule has 0 saturated heterocycles. The van der Waals surface area contributed by atoms with Crippen LogP contribution < -0.4 is 5.32 Å². The standard InChI is InChI=1S/C9H14NO/c1-2-3-7-10-9-6-4-5-8-11-9/h4-6,8,10H,2-3,7H2,1H3. The molecule has 1 radical (unpaired) electrons. The number of hydrogen-bond donors (Lipinski definition) is 1. The normalized spacial score (nSPS) is 16.8. The highest BCUT2D eigenvalue weighted by Crippen LogP contribution is 2.05. The summed E-state index contributed by atoms with van der Waals surface area (Å²) in [5, 5.41) is 3.18. The molecular weight excluding hydrogens is 138 g/mol. The van der Waals surface area contributed by atoms with Crippen molar-refractivity contribution in [1.29, 1.82) is 0 Å². The SMILES string of the molecule is CCCCN[C]1C=CC=CO1. The zero-order chi connectivity index (χ0) is 7.94. The van der Waals surface area contributed by atoms with Crippen LogP contribution in [0.2, 0.25) is 0 Å². The van der Waals surface area contributed by atoms with Crippen LogP contribution in [0.15, 0.2) is 24.5 Å². The minimum absolute atomic E-state index is 0.848. The average Bonchev–Trinajstić information content (AvgIpc) is 2.07. The number of rotatable bonds is 4. The van der Waals surface area contributed by atoms with Gasteiger partial charge < -0.3 is 4.74 Å². The number of allylic oxidation sites excluding steroid dienone is 2. The van der Waals surface area contributed by atoms with E-state index in [0.717, 1.165) is 12.8 Å². The van der Waals surface area contributed by atoms with Gasteiger partial charge in [0, 0.05) is 0 Å². The minimum Gasteiger partial charge on any atom is -0.471 e. The van der Waals surface area contributed by atoms with Crippen molar-refractivity contribution in [2.45, 2.75) is 19.8 Å². The Balaban J connectivity index is 2.07. The van der Waals surface area contributed by atoms with E-state index in [9.17, 15) is 0 Å². The summed E-state index contributed by atoms with van der Waals surface area (Å²) < 4.78 is 5.16. The van der Waals surface area contributed by atoms with Crippen molar-refractivity contribution in [3.63, 3.8) is 0 Å². The lowest BCUT2D eigenvalue weighted by atomic mass is 10.3. The van der Waals surface area contributed by atoms with Crippen molar-refractivity contribution in [2.24, 2.45) is 0 Å². The lowest BCUT2D eigenvalue weighted by Gasteiger charge is -2.13. The van der Waals surface area contributed by atoms with Gasteiger partial charge in [0.2, 0.25) is 6.23 Å². The van der Waals surface area contributed by atoms with E-state index in [1.165, 1.54) is 12.8 Å². The second kappa shape index (κ2) is 4.97. The molecule has 2 nitrogen and oxygen atoms in total. The Hall–Kier alpha value is -0.760. The molecule has 0 aliphatic carbocycles. The minimum atomic E-state index is 0.848. The number of hydrogen-bond acceptors (Lipinski definition) is 2. The summed E-state index contributed by atoms with van der Waals surface area (Å²) in [7, 11) is 0. The van der Waals surface area contributed by atoms with E-state index < -0.39 is 0 Å². The molecule has 1 aliphatic rings. The molecule has 1 rings (SSSR count). The van der Waals surface area contributed by atoms with Gasteiger partial charge in [-0.25, -0.2) is 0 Å². The second-order valence-electron chi connectivity index (χ2n) is 2.45. The molecule has 61 valence electrons. The van der Waals surface area contributed by atoms with Gasteiger partial charge >= 0.3 is 0 Å². The highest BCUT2D eigenvalue weighted by atomic mass is 16.5. The molecule has 1 heterocycles. The zero-order valence-electron chi connectivity index (χ0n) is 6.84. The lowest BCUT2D eigenvalue weighted by Crippen LogP contribution is -2.22. The van der Waals surface area contributed by atoms with Crippen molar-refractivity contribution in [1.82, 2.24) is 5.32 Å². The Bertz CT molecular complexity index is 152. The maximum absolute atomic E-state index is 5.16. The van der Waals surface area contributed by atoms with Gasteiger partial charge in [-0.05, 0) is 25.1 Å². The maximum atomic E-state index is 5.16. The first-order valence-electron chi connectivity index (χ1n) is 4.04. The molecule has 2 heteroatoms. The fraction of sp³-hybridized carbons (Fsp3) is 0.444. The van der Waals surface area contributed by atoms with Gasteiger partial charge in [0.25, 0.3) is 0 Å². The van der Waals surface area contributed by atoms with Gasteiger partial charge in [-0.1, -0.05) is 19.4 Å². The molecule has 0 aromatic carbocycles. The van der Waals surface area contributed by atoms with Crippen molar-refractivity contribution in [3.8, 4) is 0 Å². The van der Waals surface area contributed by atoms with Crippen LogP contribution in [0.3, 0.4) is 0 Å². The van der Waals surface area contributed by atoms with E-state index >= 15 is 0 Å². The molecule has 0 atom stereocenters. The lowest BCUT2D eigenvalue weighted by molar-refractivity contribution is 0.248. The predicted octanol–water partition coefficient (Wildman–Crippen LogP) is 1.97. The zero-order valence-corrected chi connectivity index (χ0v) is 6.84. The van der Waals surface area contributed by atoms with Crippen molar-refractivity contribution < 1.29 is 4.74 Å². The third-order valence-corrected chi connectivity index (χ3v) is 1.46. The Labute approximate surface area is 67.9 Å². The molecule has 0 aromatic heterocycles. The van der Waals surface area contributed by atoms with Gasteiger partial charge in [0.05, 0.1) is 6.26 Å². The van der Waals surface area contributed by atoms with Gasteiger partial charge in [-0.15, -0.1) is 0 Å². The van der Waals surface area contributed by atoms with Crippen molar-refractivity contribution in [3.05, 3.63) is 30.7 Å². The molecule has 11 heavy (non-hydrogen) atoms. The van der Waals surface area contributed by atoms with E-state index in [4.69, 9.17) is 4.74 Å². The molecule has 0 saturated carbocycles. The van der Waals surface area contributed by atoms with Gasteiger partial charge in [0.15, 0.2) is 0 Å². The van der Waals surface area contributed by atoms with Crippen LogP contribution in [0, 0.1) is 6.23 Å². The van der Waals surface area contributed by atoms with Crippen LogP contribution >= 0.6 is 0 Å². The summed E-state index contributed by atoms with van der Waals surface area (Å²) in [5.41, 5.74) is 0. The van der Waals surface area contributed by atoms with Crippen molar-refractivity contribution >= 4 is 0 Å². The smallest absolute Gasteiger partial charge is 0.237 e. The Morgan fingerprint density at radius 3 is 3.00 bits per heavy atom. The third kappa shape index (κ3) is 3.23. The number of nitrogens with one attached hydrogen (secondary N) is 1. The molecular formula is C9H14NO. The van der Waals surface area contributed by atoms with Crippen molar-refractivity contribution in [2.75, 3.05) is 6.54 Å². The number of unbranched alkanes of at least 4 members (excludes halogenated alkanes) is 1. The van der Waals surface area contributed by atoms with Gasteiger partial charge in [-0.3, -0.25) is 5.32 Å². The maximum Gasteiger partial charge on any atom is 0.237 e. The summed E-state index contributed by atoms with van der Waals surface area (Å²) >= 11 is 0. The Morgan fingerprint density at radius 2 is 2.36 bits per heavy atom. The molecule has 0 fully saturated rings.